The van der Waals surface area contributed by atoms with Gasteiger partial charge in [0.25, 0.3) is 0 Å². The highest BCUT2D eigenvalue weighted by atomic mass is 32.2. The van der Waals surface area contributed by atoms with E-state index >= 15 is 0 Å². The predicted molar refractivity (Wildman–Crippen MR) is 97.3 cm³/mol. The lowest BCUT2D eigenvalue weighted by Gasteiger charge is -2.12. The van der Waals surface area contributed by atoms with E-state index in [0.29, 0.717) is 0 Å². The van der Waals surface area contributed by atoms with Gasteiger partial charge in [0.05, 0.1) is 10.6 Å². The molecule has 0 aliphatic heterocycles. The van der Waals surface area contributed by atoms with E-state index in [1.165, 1.54) is 31.2 Å². The molecule has 0 amide bonds. The molecule has 0 fully saturated rings. The van der Waals surface area contributed by atoms with E-state index in [9.17, 15) is 16.8 Å². The molecule has 0 aliphatic carbocycles. The molecule has 0 bridgehead atoms. The molecule has 2 aromatic rings. The molecule has 0 aromatic heterocycles. The van der Waals surface area contributed by atoms with E-state index in [-0.39, 0.29) is 27.2 Å². The van der Waals surface area contributed by atoms with Crippen LogP contribution >= 0.6 is 0 Å². The monoisotopic (exact) mass is 382 g/mol. The fourth-order valence-corrected chi connectivity index (χ4v) is 4.11. The second-order valence-electron chi connectivity index (χ2n) is 6.15. The third-order valence-electron chi connectivity index (χ3n) is 3.80. The SMILES string of the molecule is CCS(=O)(=O)c1ccc(S(=O)(=O)Oc2cc(C)cc(C(C)C)c2)cc1. The first-order valence-corrected chi connectivity index (χ1v) is 11.0. The van der Waals surface area contributed by atoms with Crippen molar-refractivity contribution in [1.29, 1.82) is 0 Å². The molecule has 2 aromatic carbocycles. The summed E-state index contributed by atoms with van der Waals surface area (Å²) in [6, 6.07) is 10.4. The number of aryl methyl sites for hydroxylation is 1. The minimum absolute atomic E-state index is 0.0448. The molecule has 0 saturated heterocycles. The van der Waals surface area contributed by atoms with Crippen LogP contribution in [0.4, 0.5) is 0 Å². The zero-order chi connectivity index (χ0) is 18.8. The second kappa shape index (κ2) is 7.17. The largest absolute Gasteiger partial charge is 0.379 e. The van der Waals surface area contributed by atoms with Crippen LogP contribution in [0.2, 0.25) is 0 Å². The number of benzene rings is 2. The summed E-state index contributed by atoms with van der Waals surface area (Å²) in [6.45, 7) is 7.43. The van der Waals surface area contributed by atoms with Crippen molar-refractivity contribution in [2.75, 3.05) is 5.75 Å². The Morgan fingerprint density at radius 2 is 1.48 bits per heavy atom. The lowest BCUT2D eigenvalue weighted by Crippen LogP contribution is -2.11. The Hall–Kier alpha value is -1.86. The van der Waals surface area contributed by atoms with Crippen LogP contribution in [0.25, 0.3) is 0 Å². The molecule has 136 valence electrons. The second-order valence-corrected chi connectivity index (χ2v) is 9.97. The van der Waals surface area contributed by atoms with E-state index in [2.05, 4.69) is 0 Å². The summed E-state index contributed by atoms with van der Waals surface area (Å²) in [7, 11) is -7.41. The van der Waals surface area contributed by atoms with Crippen molar-refractivity contribution in [2.24, 2.45) is 0 Å². The molecule has 7 heteroatoms. The Balaban J connectivity index is 2.34. The van der Waals surface area contributed by atoms with Gasteiger partial charge in [0.15, 0.2) is 9.84 Å². The van der Waals surface area contributed by atoms with Crippen LogP contribution in [0, 0.1) is 6.92 Å². The first kappa shape index (κ1) is 19.5. The Kier molecular flexibility index (Phi) is 5.58. The van der Waals surface area contributed by atoms with Gasteiger partial charge in [-0.3, -0.25) is 0 Å². The van der Waals surface area contributed by atoms with Crippen LogP contribution < -0.4 is 4.18 Å². The Morgan fingerprint density at radius 1 is 0.920 bits per heavy atom. The van der Waals surface area contributed by atoms with E-state index in [1.807, 2.05) is 26.8 Å². The molecule has 0 unspecified atom stereocenters. The predicted octanol–water partition coefficient (Wildman–Crippen LogP) is 3.68. The summed E-state index contributed by atoms with van der Waals surface area (Å²) in [4.78, 5) is 0.00163. The molecule has 0 N–H and O–H groups in total. The van der Waals surface area contributed by atoms with Crippen LogP contribution in [-0.4, -0.2) is 22.6 Å². The summed E-state index contributed by atoms with van der Waals surface area (Å²) in [5.74, 6) is 0.439. The first-order valence-electron chi connectivity index (χ1n) is 7.94. The van der Waals surface area contributed by atoms with E-state index in [0.717, 1.165) is 11.1 Å². The summed E-state index contributed by atoms with van der Waals surface area (Å²) < 4.78 is 53.8. The minimum atomic E-state index is -4.04. The topological polar surface area (TPSA) is 77.5 Å². The number of rotatable bonds is 6. The van der Waals surface area contributed by atoms with Crippen molar-refractivity contribution in [3.63, 3.8) is 0 Å². The summed E-state index contributed by atoms with van der Waals surface area (Å²) in [5, 5.41) is 0. The molecule has 0 spiro atoms. The van der Waals surface area contributed by atoms with Crippen molar-refractivity contribution in [3.8, 4) is 5.75 Å². The lowest BCUT2D eigenvalue weighted by molar-refractivity contribution is 0.485. The quantitative estimate of drug-likeness (QED) is 0.712. The Labute approximate surface area is 149 Å². The molecule has 0 aliphatic rings. The van der Waals surface area contributed by atoms with Gasteiger partial charge in [-0.25, -0.2) is 8.42 Å². The summed E-state index contributed by atoms with van der Waals surface area (Å²) in [5.41, 5.74) is 1.88. The van der Waals surface area contributed by atoms with Crippen LogP contribution in [0.3, 0.4) is 0 Å². The molecule has 2 rings (SSSR count). The van der Waals surface area contributed by atoms with Gasteiger partial charge in [-0.2, -0.15) is 8.42 Å². The number of hydrogen-bond donors (Lipinski definition) is 0. The maximum atomic E-state index is 12.5. The normalized spacial score (nSPS) is 12.4. The van der Waals surface area contributed by atoms with Gasteiger partial charge in [0.2, 0.25) is 0 Å². The molecule has 5 nitrogen and oxygen atoms in total. The van der Waals surface area contributed by atoms with Gasteiger partial charge in [0.1, 0.15) is 10.6 Å². The standard InChI is InChI=1S/C18H22O5S2/c1-5-24(19,20)17-6-8-18(9-7-17)25(21,22)23-16-11-14(4)10-15(12-16)13(2)3/h6-13H,5H2,1-4H3. The van der Waals surface area contributed by atoms with E-state index in [4.69, 9.17) is 4.18 Å². The molecular formula is C18H22O5S2. The van der Waals surface area contributed by atoms with Gasteiger partial charge in [-0.1, -0.05) is 26.8 Å². The average molecular weight is 383 g/mol. The third kappa shape index (κ3) is 4.61. The van der Waals surface area contributed by atoms with Crippen LogP contribution in [0.15, 0.2) is 52.3 Å². The fourth-order valence-electron chi connectivity index (χ4n) is 2.31. The number of sulfone groups is 1. The van der Waals surface area contributed by atoms with Crippen molar-refractivity contribution in [3.05, 3.63) is 53.6 Å². The Morgan fingerprint density at radius 3 is 2.00 bits per heavy atom. The lowest BCUT2D eigenvalue weighted by atomic mass is 10.0. The Bertz CT molecular complexity index is 957. The van der Waals surface area contributed by atoms with Crippen molar-refractivity contribution in [1.82, 2.24) is 0 Å². The molecule has 25 heavy (non-hydrogen) atoms. The molecule has 0 heterocycles. The molecule has 0 radical (unpaired) electrons. The first-order chi connectivity index (χ1) is 11.5. The molecule has 0 atom stereocenters. The highest BCUT2D eigenvalue weighted by Crippen LogP contribution is 2.26. The van der Waals surface area contributed by atoms with Crippen LogP contribution in [-0.2, 0) is 20.0 Å². The zero-order valence-electron chi connectivity index (χ0n) is 14.7. The maximum Gasteiger partial charge on any atom is 0.339 e. The van der Waals surface area contributed by atoms with E-state index in [1.54, 1.807) is 12.1 Å². The van der Waals surface area contributed by atoms with Crippen LogP contribution in [0.1, 0.15) is 37.8 Å². The minimum Gasteiger partial charge on any atom is -0.379 e. The van der Waals surface area contributed by atoms with Crippen molar-refractivity contribution in [2.45, 2.75) is 43.4 Å². The van der Waals surface area contributed by atoms with Crippen LogP contribution in [0.5, 0.6) is 5.75 Å². The smallest absolute Gasteiger partial charge is 0.339 e. The highest BCUT2D eigenvalue weighted by Gasteiger charge is 2.19. The van der Waals surface area contributed by atoms with Gasteiger partial charge >= 0.3 is 10.1 Å². The van der Waals surface area contributed by atoms with E-state index < -0.39 is 20.0 Å². The average Bonchev–Trinajstić information content (AvgIpc) is 2.54. The number of hydrogen-bond acceptors (Lipinski definition) is 5. The maximum absolute atomic E-state index is 12.5. The van der Waals surface area contributed by atoms with Gasteiger partial charge < -0.3 is 4.18 Å². The van der Waals surface area contributed by atoms with Gasteiger partial charge in [0, 0.05) is 0 Å². The molecule has 0 saturated carbocycles. The van der Waals surface area contributed by atoms with Gasteiger partial charge in [-0.15, -0.1) is 0 Å². The highest BCUT2D eigenvalue weighted by molar-refractivity contribution is 7.91. The van der Waals surface area contributed by atoms with Gasteiger partial charge in [-0.05, 0) is 60.4 Å². The summed E-state index contributed by atoms with van der Waals surface area (Å²) >= 11 is 0. The summed E-state index contributed by atoms with van der Waals surface area (Å²) in [6.07, 6.45) is 0. The molecular weight excluding hydrogens is 360 g/mol. The van der Waals surface area contributed by atoms with Crippen molar-refractivity contribution < 1.29 is 21.0 Å². The fraction of sp³-hybridized carbons (Fsp3) is 0.333. The van der Waals surface area contributed by atoms with Crippen molar-refractivity contribution >= 4 is 20.0 Å². The zero-order valence-corrected chi connectivity index (χ0v) is 16.3. The third-order valence-corrected chi connectivity index (χ3v) is 6.81.